The number of rotatable bonds is 2. The second-order valence-electron chi connectivity index (χ2n) is 3.94. The molecular formula is C15H10N2O2. The van der Waals surface area contributed by atoms with Crippen molar-refractivity contribution >= 4 is 23.1 Å². The van der Waals surface area contributed by atoms with Gasteiger partial charge in [0.2, 0.25) is 5.89 Å². The highest BCUT2D eigenvalue weighted by molar-refractivity contribution is 5.78. The van der Waals surface area contributed by atoms with E-state index in [1.807, 2.05) is 24.3 Å². The van der Waals surface area contributed by atoms with Gasteiger partial charge in [-0.3, -0.25) is 4.98 Å². The summed E-state index contributed by atoms with van der Waals surface area (Å²) in [6, 6.07) is 12.7. The van der Waals surface area contributed by atoms with Gasteiger partial charge in [-0.05, 0) is 30.3 Å². The van der Waals surface area contributed by atoms with Crippen LogP contribution in [0.3, 0.4) is 0 Å². The van der Waals surface area contributed by atoms with Crippen LogP contribution in [0.2, 0.25) is 0 Å². The lowest BCUT2D eigenvalue weighted by Gasteiger charge is -1.96. The van der Waals surface area contributed by atoms with Gasteiger partial charge in [0.15, 0.2) is 0 Å². The molecule has 1 aromatic carbocycles. The molecule has 4 heteroatoms. The summed E-state index contributed by atoms with van der Waals surface area (Å²) in [5, 5.41) is 0.484. The molecule has 0 aliphatic carbocycles. The number of pyridine rings is 1. The second-order valence-corrected chi connectivity index (χ2v) is 3.94. The fraction of sp³-hybridized carbons (Fsp3) is 0. The van der Waals surface area contributed by atoms with Crippen LogP contribution in [0.4, 0.5) is 0 Å². The average Bonchev–Trinajstić information content (AvgIpc) is 2.46. The van der Waals surface area contributed by atoms with E-state index in [1.165, 1.54) is 0 Å². The molecule has 2 aromatic heterocycles. The topological polar surface area (TPSA) is 56.0 Å². The van der Waals surface area contributed by atoms with Crippen molar-refractivity contribution in [3.05, 3.63) is 70.7 Å². The summed E-state index contributed by atoms with van der Waals surface area (Å²) in [5.41, 5.74) is 1.02. The van der Waals surface area contributed by atoms with Crippen LogP contribution < -0.4 is 5.63 Å². The maximum atomic E-state index is 11.8. The number of hydrogen-bond donors (Lipinski definition) is 0. The van der Waals surface area contributed by atoms with Crippen LogP contribution in [-0.4, -0.2) is 9.97 Å². The normalized spacial score (nSPS) is 11.2. The van der Waals surface area contributed by atoms with Crippen molar-refractivity contribution in [3.8, 4) is 0 Å². The van der Waals surface area contributed by atoms with Gasteiger partial charge < -0.3 is 4.42 Å². The highest BCUT2D eigenvalue weighted by atomic mass is 16.4. The van der Waals surface area contributed by atoms with Crippen LogP contribution in [-0.2, 0) is 0 Å². The quantitative estimate of drug-likeness (QED) is 0.701. The van der Waals surface area contributed by atoms with E-state index in [0.717, 1.165) is 5.69 Å². The van der Waals surface area contributed by atoms with E-state index >= 15 is 0 Å². The minimum absolute atomic E-state index is 0.273. The van der Waals surface area contributed by atoms with Crippen molar-refractivity contribution in [2.75, 3.05) is 0 Å². The first-order valence-electron chi connectivity index (χ1n) is 5.82. The summed E-state index contributed by atoms with van der Waals surface area (Å²) < 4.78 is 5.13. The van der Waals surface area contributed by atoms with Gasteiger partial charge in [-0.25, -0.2) is 9.78 Å². The van der Waals surface area contributed by atoms with Crippen LogP contribution in [0.5, 0.6) is 0 Å². The minimum atomic E-state index is -0.383. The van der Waals surface area contributed by atoms with Crippen LogP contribution >= 0.6 is 0 Å². The Hall–Kier alpha value is -2.75. The van der Waals surface area contributed by atoms with Crippen molar-refractivity contribution in [2.45, 2.75) is 0 Å². The standard InChI is InChI=1S/C15H10N2O2/c18-15-12-6-1-2-7-13(12)17-14(19-15)9-8-11-5-3-4-10-16-11/h1-10H. The molecule has 3 rings (SSSR count). The lowest BCUT2D eigenvalue weighted by molar-refractivity contribution is 0.490. The number of para-hydroxylation sites is 1. The van der Waals surface area contributed by atoms with Gasteiger partial charge in [0, 0.05) is 12.3 Å². The Morgan fingerprint density at radius 1 is 1.00 bits per heavy atom. The summed E-state index contributed by atoms with van der Waals surface area (Å²) in [6.07, 6.45) is 5.08. The fourth-order valence-electron chi connectivity index (χ4n) is 1.74. The predicted molar refractivity (Wildman–Crippen MR) is 73.4 cm³/mol. The van der Waals surface area contributed by atoms with E-state index < -0.39 is 0 Å². The number of aromatic nitrogens is 2. The van der Waals surface area contributed by atoms with Crippen molar-refractivity contribution in [3.63, 3.8) is 0 Å². The Bertz CT molecular complexity index is 792. The van der Waals surface area contributed by atoms with Crippen molar-refractivity contribution in [1.29, 1.82) is 0 Å². The molecule has 0 aliphatic heterocycles. The van der Waals surface area contributed by atoms with Gasteiger partial charge >= 0.3 is 5.63 Å². The molecule has 0 bridgehead atoms. The first kappa shape index (κ1) is 11.3. The molecule has 0 radical (unpaired) electrons. The Balaban J connectivity index is 2.02. The maximum Gasteiger partial charge on any atom is 0.347 e. The summed E-state index contributed by atoms with van der Waals surface area (Å²) in [6.45, 7) is 0. The average molecular weight is 250 g/mol. The Morgan fingerprint density at radius 2 is 1.84 bits per heavy atom. The highest BCUT2D eigenvalue weighted by Gasteiger charge is 2.02. The molecular weight excluding hydrogens is 240 g/mol. The highest BCUT2D eigenvalue weighted by Crippen LogP contribution is 2.09. The first-order chi connectivity index (χ1) is 9.33. The third-order valence-corrected chi connectivity index (χ3v) is 2.64. The third-order valence-electron chi connectivity index (χ3n) is 2.64. The molecule has 19 heavy (non-hydrogen) atoms. The zero-order chi connectivity index (χ0) is 13.1. The molecule has 0 N–H and O–H groups in total. The molecule has 0 saturated carbocycles. The summed E-state index contributed by atoms with van der Waals surface area (Å²) in [7, 11) is 0. The summed E-state index contributed by atoms with van der Waals surface area (Å²) in [5.74, 6) is 0.273. The molecule has 0 fully saturated rings. The van der Waals surface area contributed by atoms with Gasteiger partial charge in [0.1, 0.15) is 0 Å². The molecule has 0 amide bonds. The van der Waals surface area contributed by atoms with Crippen LogP contribution in [0.1, 0.15) is 11.6 Å². The monoisotopic (exact) mass is 250 g/mol. The predicted octanol–water partition coefficient (Wildman–Crippen LogP) is 2.75. The lowest BCUT2D eigenvalue weighted by atomic mass is 10.2. The van der Waals surface area contributed by atoms with E-state index in [-0.39, 0.29) is 11.5 Å². The Morgan fingerprint density at radius 3 is 2.68 bits per heavy atom. The van der Waals surface area contributed by atoms with Crippen LogP contribution in [0.15, 0.2) is 57.9 Å². The van der Waals surface area contributed by atoms with E-state index in [9.17, 15) is 4.79 Å². The van der Waals surface area contributed by atoms with E-state index in [4.69, 9.17) is 4.42 Å². The largest absolute Gasteiger partial charge is 0.404 e. The number of benzene rings is 1. The maximum absolute atomic E-state index is 11.8. The molecule has 0 saturated heterocycles. The molecule has 2 heterocycles. The molecule has 92 valence electrons. The molecule has 0 unspecified atom stereocenters. The summed E-state index contributed by atoms with van der Waals surface area (Å²) in [4.78, 5) is 20.2. The number of fused-ring (bicyclic) bond motifs is 1. The minimum Gasteiger partial charge on any atom is -0.404 e. The van der Waals surface area contributed by atoms with E-state index in [1.54, 1.807) is 36.5 Å². The fourth-order valence-corrected chi connectivity index (χ4v) is 1.74. The van der Waals surface area contributed by atoms with Gasteiger partial charge in [-0.2, -0.15) is 0 Å². The molecule has 3 aromatic rings. The molecule has 0 aliphatic rings. The SMILES string of the molecule is O=c1oc(C=Cc2ccccn2)nc2ccccc12. The lowest BCUT2D eigenvalue weighted by Crippen LogP contribution is -2.02. The van der Waals surface area contributed by atoms with Crippen LogP contribution in [0.25, 0.3) is 23.1 Å². The Labute approximate surface area is 109 Å². The van der Waals surface area contributed by atoms with Gasteiger partial charge in [-0.15, -0.1) is 0 Å². The molecule has 0 atom stereocenters. The molecule has 4 nitrogen and oxygen atoms in total. The smallest absolute Gasteiger partial charge is 0.347 e. The van der Waals surface area contributed by atoms with Crippen molar-refractivity contribution in [2.24, 2.45) is 0 Å². The zero-order valence-electron chi connectivity index (χ0n) is 9.98. The van der Waals surface area contributed by atoms with Gasteiger partial charge in [0.25, 0.3) is 0 Å². The second kappa shape index (κ2) is 4.86. The van der Waals surface area contributed by atoms with Crippen LogP contribution in [0, 0.1) is 0 Å². The Kier molecular flexibility index (Phi) is 2.90. The van der Waals surface area contributed by atoms with Crippen molar-refractivity contribution < 1.29 is 4.42 Å². The van der Waals surface area contributed by atoms with E-state index in [2.05, 4.69) is 9.97 Å². The third kappa shape index (κ3) is 2.42. The number of hydrogen-bond acceptors (Lipinski definition) is 4. The van der Waals surface area contributed by atoms with Gasteiger partial charge in [0.05, 0.1) is 16.6 Å². The molecule has 0 spiro atoms. The zero-order valence-corrected chi connectivity index (χ0v) is 9.98. The summed E-state index contributed by atoms with van der Waals surface area (Å²) >= 11 is 0. The first-order valence-corrected chi connectivity index (χ1v) is 5.82. The number of nitrogens with zero attached hydrogens (tertiary/aromatic N) is 2. The van der Waals surface area contributed by atoms with E-state index in [0.29, 0.717) is 10.9 Å². The van der Waals surface area contributed by atoms with Crippen molar-refractivity contribution in [1.82, 2.24) is 9.97 Å². The van der Waals surface area contributed by atoms with Gasteiger partial charge in [-0.1, -0.05) is 18.2 Å².